The van der Waals surface area contributed by atoms with Gasteiger partial charge < -0.3 is 14.8 Å². The number of hydrogen-bond acceptors (Lipinski definition) is 6. The Kier molecular flexibility index (Phi) is 5.78. The summed E-state index contributed by atoms with van der Waals surface area (Å²) in [4.78, 5) is 9.19. The van der Waals surface area contributed by atoms with Crippen LogP contribution in [0.2, 0.25) is 0 Å². The maximum atomic E-state index is 13.3. The molecule has 5 rings (SSSR count). The summed E-state index contributed by atoms with van der Waals surface area (Å²) in [5.74, 6) is 1.88. The fourth-order valence-electron chi connectivity index (χ4n) is 3.71. The Hall–Kier alpha value is -4.46. The van der Waals surface area contributed by atoms with E-state index in [4.69, 9.17) is 19.6 Å². The Morgan fingerprint density at radius 1 is 0.912 bits per heavy atom. The van der Waals surface area contributed by atoms with E-state index in [0.29, 0.717) is 35.3 Å². The van der Waals surface area contributed by atoms with Crippen molar-refractivity contribution in [3.05, 3.63) is 90.4 Å². The number of nitrogens with one attached hydrogen (secondary N) is 1. The second kappa shape index (κ2) is 9.19. The first-order chi connectivity index (χ1) is 16.6. The lowest BCUT2D eigenvalue weighted by molar-refractivity contribution is 0.413. The van der Waals surface area contributed by atoms with Crippen molar-refractivity contribution in [2.45, 2.75) is 6.54 Å². The van der Waals surface area contributed by atoms with Gasteiger partial charge in [-0.15, -0.1) is 0 Å². The zero-order valence-electron chi connectivity index (χ0n) is 18.7. The van der Waals surface area contributed by atoms with Gasteiger partial charge in [0.2, 0.25) is 0 Å². The number of hydrogen-bond donors (Lipinski definition) is 1. The maximum Gasteiger partial charge on any atom is 0.183 e. The first-order valence-electron chi connectivity index (χ1n) is 10.7. The molecule has 2 aromatic heterocycles. The Morgan fingerprint density at radius 3 is 2.41 bits per heavy atom. The number of aromatic nitrogens is 4. The Bertz CT molecular complexity index is 1430. The van der Waals surface area contributed by atoms with Crippen molar-refractivity contribution in [3.63, 3.8) is 0 Å². The lowest BCUT2D eigenvalue weighted by atomic mass is 10.2. The molecule has 0 atom stereocenters. The molecule has 8 heteroatoms. The van der Waals surface area contributed by atoms with Gasteiger partial charge in [0.15, 0.2) is 17.4 Å². The predicted molar refractivity (Wildman–Crippen MR) is 129 cm³/mol. The van der Waals surface area contributed by atoms with Crippen LogP contribution in [0.5, 0.6) is 11.5 Å². The second-order valence-corrected chi connectivity index (χ2v) is 7.61. The van der Waals surface area contributed by atoms with Gasteiger partial charge in [-0.1, -0.05) is 30.3 Å². The van der Waals surface area contributed by atoms with Crippen molar-refractivity contribution in [3.8, 4) is 23.0 Å². The first kappa shape index (κ1) is 21.4. The summed E-state index contributed by atoms with van der Waals surface area (Å²) in [6.45, 7) is 0.585. The van der Waals surface area contributed by atoms with Gasteiger partial charge in [0.05, 0.1) is 32.5 Å². The molecule has 170 valence electrons. The molecule has 0 aliphatic heterocycles. The molecule has 1 N–H and O–H groups in total. The molecule has 2 heterocycles. The average Bonchev–Trinajstić information content (AvgIpc) is 3.24. The van der Waals surface area contributed by atoms with Crippen LogP contribution in [0.15, 0.2) is 79.0 Å². The number of para-hydroxylation sites is 1. The summed E-state index contributed by atoms with van der Waals surface area (Å²) in [6, 6.07) is 21.9. The van der Waals surface area contributed by atoms with Gasteiger partial charge in [0.25, 0.3) is 0 Å². The molecule has 0 aliphatic rings. The molecule has 5 aromatic rings. The van der Waals surface area contributed by atoms with Gasteiger partial charge >= 0.3 is 0 Å². The summed E-state index contributed by atoms with van der Waals surface area (Å²) >= 11 is 0. The van der Waals surface area contributed by atoms with E-state index in [2.05, 4.69) is 10.3 Å². The molecule has 0 saturated heterocycles. The number of fused-ring (bicyclic) bond motifs is 1. The van der Waals surface area contributed by atoms with Crippen molar-refractivity contribution < 1.29 is 13.9 Å². The lowest BCUT2D eigenvalue weighted by Crippen LogP contribution is -2.03. The number of benzene rings is 3. The monoisotopic (exact) mass is 455 g/mol. The smallest absolute Gasteiger partial charge is 0.183 e. The number of nitrogens with zero attached hydrogens (tertiary/aromatic N) is 4. The minimum Gasteiger partial charge on any atom is -0.497 e. The van der Waals surface area contributed by atoms with E-state index in [1.165, 1.54) is 12.1 Å². The zero-order chi connectivity index (χ0) is 23.5. The molecular formula is C26H22FN5O2. The van der Waals surface area contributed by atoms with Crippen LogP contribution >= 0.6 is 0 Å². The molecule has 3 aromatic carbocycles. The van der Waals surface area contributed by atoms with E-state index >= 15 is 0 Å². The topological polar surface area (TPSA) is 74.1 Å². The van der Waals surface area contributed by atoms with Gasteiger partial charge in [-0.2, -0.15) is 5.10 Å². The SMILES string of the molecule is COc1ccc(Cn2nc(-c3ncc(OC)c(Nc4ccc(F)cc4)n3)c3ccccc32)cc1. The highest BCUT2D eigenvalue weighted by Crippen LogP contribution is 2.31. The number of halogens is 1. The summed E-state index contributed by atoms with van der Waals surface area (Å²) in [5.41, 5.74) is 3.41. The van der Waals surface area contributed by atoms with Crippen LogP contribution in [0.25, 0.3) is 22.4 Å². The van der Waals surface area contributed by atoms with E-state index in [1.54, 1.807) is 32.5 Å². The summed E-state index contributed by atoms with van der Waals surface area (Å²) < 4.78 is 25.9. The molecule has 0 unspecified atom stereocenters. The van der Waals surface area contributed by atoms with Gasteiger partial charge in [-0.25, -0.2) is 14.4 Å². The largest absolute Gasteiger partial charge is 0.497 e. The third kappa shape index (κ3) is 4.25. The number of anilines is 2. The first-order valence-corrected chi connectivity index (χ1v) is 10.7. The quantitative estimate of drug-likeness (QED) is 0.352. The summed E-state index contributed by atoms with van der Waals surface area (Å²) in [5, 5.41) is 8.97. The number of methoxy groups -OCH3 is 2. The van der Waals surface area contributed by atoms with Gasteiger partial charge in [0.1, 0.15) is 17.3 Å². The maximum absolute atomic E-state index is 13.3. The fraction of sp³-hybridized carbons (Fsp3) is 0.115. The van der Waals surface area contributed by atoms with Gasteiger partial charge in [-0.3, -0.25) is 4.68 Å². The minimum atomic E-state index is -0.310. The Balaban J connectivity index is 1.54. The second-order valence-electron chi connectivity index (χ2n) is 7.61. The van der Waals surface area contributed by atoms with E-state index < -0.39 is 0 Å². The molecule has 0 saturated carbocycles. The highest BCUT2D eigenvalue weighted by Gasteiger charge is 2.17. The third-order valence-electron chi connectivity index (χ3n) is 5.44. The van der Waals surface area contributed by atoms with Crippen LogP contribution in [0.4, 0.5) is 15.9 Å². The molecule has 0 aliphatic carbocycles. The van der Waals surface area contributed by atoms with Crippen LogP contribution in [0.3, 0.4) is 0 Å². The molecule has 0 bridgehead atoms. The molecule has 34 heavy (non-hydrogen) atoms. The van der Waals surface area contributed by atoms with Crippen molar-refractivity contribution >= 4 is 22.4 Å². The molecule has 0 fully saturated rings. The molecule has 0 spiro atoms. The third-order valence-corrected chi connectivity index (χ3v) is 5.44. The van der Waals surface area contributed by atoms with Gasteiger partial charge in [-0.05, 0) is 48.0 Å². The van der Waals surface area contributed by atoms with Crippen molar-refractivity contribution in [2.24, 2.45) is 0 Å². The standard InChI is InChI=1S/C26H22FN5O2/c1-33-20-13-7-17(8-14-20)16-32-22-6-4-3-5-21(22)24(31-32)26-28-15-23(34-2)25(30-26)29-19-11-9-18(27)10-12-19/h3-15H,16H2,1-2H3,(H,28,29,30). The highest BCUT2D eigenvalue weighted by atomic mass is 19.1. The highest BCUT2D eigenvalue weighted by molar-refractivity contribution is 5.92. The van der Waals surface area contributed by atoms with Crippen LogP contribution in [0.1, 0.15) is 5.56 Å². The predicted octanol–water partition coefficient (Wildman–Crippen LogP) is 5.44. The van der Waals surface area contributed by atoms with E-state index in [9.17, 15) is 4.39 Å². The van der Waals surface area contributed by atoms with Crippen molar-refractivity contribution in [1.29, 1.82) is 0 Å². The van der Waals surface area contributed by atoms with E-state index in [0.717, 1.165) is 22.2 Å². The van der Waals surface area contributed by atoms with Crippen LogP contribution in [0, 0.1) is 5.82 Å². The average molecular weight is 455 g/mol. The van der Waals surface area contributed by atoms with Crippen molar-refractivity contribution in [1.82, 2.24) is 19.7 Å². The van der Waals surface area contributed by atoms with Crippen LogP contribution in [-0.2, 0) is 6.54 Å². The zero-order valence-corrected chi connectivity index (χ0v) is 18.7. The summed E-state index contributed by atoms with van der Waals surface area (Å²) in [6.07, 6.45) is 1.60. The summed E-state index contributed by atoms with van der Waals surface area (Å²) in [7, 11) is 3.20. The molecule has 0 radical (unpaired) electrons. The lowest BCUT2D eigenvalue weighted by Gasteiger charge is -2.11. The van der Waals surface area contributed by atoms with E-state index in [1.807, 2.05) is 53.2 Å². The molecule has 0 amide bonds. The molecular weight excluding hydrogens is 433 g/mol. The number of ether oxygens (including phenoxy) is 2. The van der Waals surface area contributed by atoms with Crippen LogP contribution in [-0.4, -0.2) is 34.0 Å². The Labute approximate surface area is 195 Å². The normalized spacial score (nSPS) is 10.9. The molecule has 7 nitrogen and oxygen atoms in total. The van der Waals surface area contributed by atoms with Crippen LogP contribution < -0.4 is 14.8 Å². The van der Waals surface area contributed by atoms with E-state index in [-0.39, 0.29) is 5.82 Å². The Morgan fingerprint density at radius 2 is 1.68 bits per heavy atom. The van der Waals surface area contributed by atoms with Crippen molar-refractivity contribution in [2.75, 3.05) is 19.5 Å². The fourth-order valence-corrected chi connectivity index (χ4v) is 3.71. The number of rotatable bonds is 7. The van der Waals surface area contributed by atoms with Gasteiger partial charge in [0, 0.05) is 11.1 Å². The minimum absolute atomic E-state index is 0.310.